The Morgan fingerprint density at radius 3 is 1.71 bits per heavy atom. The Morgan fingerprint density at radius 1 is 0.613 bits per heavy atom. The molecule has 0 unspecified atom stereocenters. The molecule has 0 spiro atoms. The van der Waals surface area contributed by atoms with Gasteiger partial charge in [-0.05, 0) is 78.9 Å². The van der Waals surface area contributed by atoms with Crippen molar-refractivity contribution in [2.45, 2.75) is 7.43 Å². The third-order valence-electron chi connectivity index (χ3n) is 8.45. The van der Waals surface area contributed by atoms with E-state index in [1.807, 2.05) is 54.6 Å². The summed E-state index contributed by atoms with van der Waals surface area (Å²) < 4.78 is 0. The molecule has 0 aliphatic heterocycles. The second kappa shape index (κ2) is 23.0. The minimum absolute atomic E-state index is 0. The van der Waals surface area contributed by atoms with Gasteiger partial charge >= 0.3 is 0 Å². The van der Waals surface area contributed by atoms with E-state index in [9.17, 15) is 0 Å². The summed E-state index contributed by atoms with van der Waals surface area (Å²) in [5.41, 5.74) is 9.39. The zero-order valence-electron chi connectivity index (χ0n) is 31.9. The summed E-state index contributed by atoms with van der Waals surface area (Å²) in [5.74, 6) is 3.20. The van der Waals surface area contributed by atoms with Crippen LogP contribution in [0.15, 0.2) is 122 Å². The van der Waals surface area contributed by atoms with E-state index in [-0.39, 0.29) is 7.43 Å². The molecule has 0 saturated heterocycles. The molecule has 0 amide bonds. The number of nitrogens with zero attached hydrogens (tertiary/aromatic N) is 8. The minimum Gasteiger partial charge on any atom is -0.369 e. The number of benzene rings is 4. The fourth-order valence-corrected chi connectivity index (χ4v) is 6.75. The van der Waals surface area contributed by atoms with Gasteiger partial charge in [0.2, 0.25) is 5.69 Å². The highest BCUT2D eigenvalue weighted by molar-refractivity contribution is 6.37. The third-order valence-corrected chi connectivity index (χ3v) is 9.83. The number of anilines is 3. The van der Waals surface area contributed by atoms with Gasteiger partial charge in [-0.1, -0.05) is 95.8 Å². The van der Waals surface area contributed by atoms with Crippen molar-refractivity contribution in [2.75, 3.05) is 42.1 Å². The lowest BCUT2D eigenvalue weighted by molar-refractivity contribution is 1.01. The third kappa shape index (κ3) is 12.6. The molecule has 0 atom stereocenters. The molecular formula is C45H37Cl5N12. The fraction of sp³-hybridized carbons (Fsp3) is 0.111. The van der Waals surface area contributed by atoms with Crippen molar-refractivity contribution < 1.29 is 0 Å². The molecule has 62 heavy (non-hydrogen) atoms. The van der Waals surface area contributed by atoms with Gasteiger partial charge in [-0.25, -0.2) is 29.8 Å². The summed E-state index contributed by atoms with van der Waals surface area (Å²) in [7, 11) is 0. The van der Waals surface area contributed by atoms with Crippen LogP contribution in [-0.2, 0) is 0 Å². The molecule has 17 heteroatoms. The van der Waals surface area contributed by atoms with Crippen LogP contribution in [-0.4, -0.2) is 56.1 Å². The Morgan fingerprint density at radius 2 is 1.16 bits per heavy atom. The summed E-state index contributed by atoms with van der Waals surface area (Å²) in [5, 5.41) is 22.7. The largest absolute Gasteiger partial charge is 0.369 e. The van der Waals surface area contributed by atoms with Crippen molar-refractivity contribution in [3.8, 4) is 28.8 Å². The molecular weight excluding hydrogens is 886 g/mol. The van der Waals surface area contributed by atoms with E-state index >= 15 is 0 Å². The molecule has 0 aliphatic carbocycles. The van der Waals surface area contributed by atoms with Gasteiger partial charge in [0.1, 0.15) is 28.7 Å². The molecule has 0 fully saturated rings. The predicted molar refractivity (Wildman–Crippen MR) is 256 cm³/mol. The maximum Gasteiger partial charge on any atom is 0.205 e. The number of fused-ring (bicyclic) bond motifs is 2. The van der Waals surface area contributed by atoms with Crippen molar-refractivity contribution in [2.24, 2.45) is 5.73 Å². The van der Waals surface area contributed by atoms with Crippen LogP contribution in [0.25, 0.3) is 49.4 Å². The molecule has 8 aromatic rings. The quantitative estimate of drug-likeness (QED) is 0.0585. The van der Waals surface area contributed by atoms with E-state index in [4.69, 9.17) is 80.6 Å². The second-order valence-corrected chi connectivity index (χ2v) is 14.7. The molecule has 312 valence electrons. The van der Waals surface area contributed by atoms with E-state index in [0.29, 0.717) is 85.7 Å². The van der Waals surface area contributed by atoms with Gasteiger partial charge in [0.15, 0.2) is 11.6 Å². The van der Waals surface area contributed by atoms with Crippen LogP contribution in [0, 0.1) is 17.9 Å². The maximum atomic E-state index is 8.84. The summed E-state index contributed by atoms with van der Waals surface area (Å²) >= 11 is 30.6. The first-order chi connectivity index (χ1) is 29.6. The molecule has 4 aromatic heterocycles. The van der Waals surface area contributed by atoms with E-state index in [2.05, 4.69) is 51.8 Å². The van der Waals surface area contributed by atoms with Gasteiger partial charge in [0.05, 0.1) is 33.2 Å². The minimum atomic E-state index is 0. The lowest BCUT2D eigenvalue weighted by Crippen LogP contribution is -2.15. The number of nitrogens with one attached hydrogen (secondary N) is 3. The van der Waals surface area contributed by atoms with E-state index in [0.717, 1.165) is 39.0 Å². The highest BCUT2D eigenvalue weighted by atomic mass is 35.5. The first-order valence-electron chi connectivity index (χ1n) is 18.4. The summed E-state index contributed by atoms with van der Waals surface area (Å²) in [4.78, 5) is 29.6. The lowest BCUT2D eigenvalue weighted by atomic mass is 10.2. The number of rotatable bonds is 10. The van der Waals surface area contributed by atoms with Crippen LogP contribution >= 0.6 is 58.0 Å². The van der Waals surface area contributed by atoms with Crippen molar-refractivity contribution >= 4 is 103 Å². The van der Waals surface area contributed by atoms with Gasteiger partial charge in [0, 0.05) is 70.5 Å². The highest BCUT2D eigenvalue weighted by Gasteiger charge is 2.13. The Bertz CT molecular complexity index is 2850. The molecule has 0 aliphatic rings. The number of hydrogen-bond acceptors (Lipinski definition) is 11. The normalized spacial score (nSPS) is 10.2. The topological polar surface area (TPSA) is 168 Å². The zero-order chi connectivity index (χ0) is 43.1. The Hall–Kier alpha value is -6.35. The number of halogens is 5. The smallest absolute Gasteiger partial charge is 0.205 e. The van der Waals surface area contributed by atoms with Crippen molar-refractivity contribution in [1.82, 2.24) is 29.9 Å². The molecule has 12 nitrogen and oxygen atoms in total. The number of nitriles is 1. The van der Waals surface area contributed by atoms with E-state index in [1.54, 1.807) is 54.6 Å². The predicted octanol–water partition coefficient (Wildman–Crippen LogP) is 12.3. The average Bonchev–Trinajstić information content (AvgIpc) is 3.28. The van der Waals surface area contributed by atoms with Crippen LogP contribution in [0.2, 0.25) is 25.2 Å². The summed E-state index contributed by atoms with van der Waals surface area (Å²) in [6, 6.07) is 34.8. The van der Waals surface area contributed by atoms with Crippen molar-refractivity contribution in [1.29, 1.82) is 5.26 Å². The summed E-state index contributed by atoms with van der Waals surface area (Å²) in [6.07, 6.45) is 3.07. The zero-order valence-corrected chi connectivity index (χ0v) is 35.7. The molecule has 0 bridgehead atoms. The Labute approximate surface area is 383 Å². The van der Waals surface area contributed by atoms with Crippen LogP contribution in [0.4, 0.5) is 23.1 Å². The van der Waals surface area contributed by atoms with Crippen LogP contribution in [0.1, 0.15) is 13.0 Å². The van der Waals surface area contributed by atoms with Crippen LogP contribution < -0.4 is 21.7 Å². The molecule has 0 saturated carbocycles. The highest BCUT2D eigenvalue weighted by Crippen LogP contribution is 2.32. The van der Waals surface area contributed by atoms with Crippen molar-refractivity contribution in [3.05, 3.63) is 164 Å². The Kier molecular flexibility index (Phi) is 17.3. The average molecular weight is 923 g/mol. The van der Waals surface area contributed by atoms with Gasteiger partial charge < -0.3 is 21.7 Å². The second-order valence-electron chi connectivity index (χ2n) is 12.6. The number of aromatic nitrogens is 6. The number of para-hydroxylation sites is 2. The molecule has 5 N–H and O–H groups in total. The van der Waals surface area contributed by atoms with Crippen molar-refractivity contribution in [3.63, 3.8) is 0 Å². The van der Waals surface area contributed by atoms with Gasteiger partial charge in [-0.15, -0.1) is 0 Å². The van der Waals surface area contributed by atoms with Crippen LogP contribution in [0.5, 0.6) is 0 Å². The fourth-order valence-electron chi connectivity index (χ4n) is 5.52. The monoisotopic (exact) mass is 920 g/mol. The molecule has 0 radical (unpaired) electrons. The standard InChI is InChI=1S/C22H16Cl2N6.C14H7Cl3N2.C8H10N4.CH4/c23-15-6-7-16(18(24)11-15)22-29-19-4-2-1-3-17(19)21(30-22)27-10-9-26-20-8-5-14(12-25)13-28-20;15-8-5-6-9(11(16)7-8)14-18-12-4-2-1-3-10(12)13(17)19-14;1-10-7-2-3-8(12-6-7)11-5-4-9;/h1-8,11,13H,9-10H2,(H,26,28)(H,27,29,30);1-7H;2-3,6H,4-5,9H2,(H,11,12);1H4. The van der Waals surface area contributed by atoms with Gasteiger partial charge in [-0.2, -0.15) is 5.26 Å². The number of pyridine rings is 2. The lowest BCUT2D eigenvalue weighted by Gasteiger charge is -2.12. The van der Waals surface area contributed by atoms with Gasteiger partial charge in [-0.3, -0.25) is 4.98 Å². The first kappa shape index (κ1) is 46.7. The number of nitrogens with two attached hydrogens (primary N) is 1. The maximum absolute atomic E-state index is 8.84. The van der Waals surface area contributed by atoms with E-state index in [1.165, 1.54) is 12.4 Å². The first-order valence-corrected chi connectivity index (χ1v) is 20.3. The molecule has 4 aromatic carbocycles. The molecule has 4 heterocycles. The Balaban J connectivity index is 0.000000194. The van der Waals surface area contributed by atoms with Gasteiger partial charge in [0.25, 0.3) is 0 Å². The summed E-state index contributed by atoms with van der Waals surface area (Å²) in [6.45, 7) is 9.20. The molecule has 8 rings (SSSR count). The van der Waals surface area contributed by atoms with E-state index < -0.39 is 0 Å². The SMILES string of the molecule is C.Clc1ccc(-c2nc(Cl)c3ccccc3n2)c(Cl)c1.N#Cc1ccc(NCCNc2nc(-c3ccc(Cl)cc3Cl)nc3ccccc23)nc1.[C-]#[N+]c1ccc(NCCN)nc1. The number of hydrogen-bond donors (Lipinski definition) is 4. The van der Waals surface area contributed by atoms with Crippen LogP contribution in [0.3, 0.4) is 0 Å².